The van der Waals surface area contributed by atoms with Crippen molar-refractivity contribution in [3.05, 3.63) is 16.1 Å². The minimum absolute atomic E-state index is 0.396. The van der Waals surface area contributed by atoms with E-state index < -0.39 is 0 Å². The average molecular weight is 277 g/mol. The minimum Gasteiger partial charge on any atom is -0.381 e. The number of hydrazine groups is 1. The Balaban J connectivity index is 2.03. The zero-order valence-electron chi connectivity index (χ0n) is 9.17. The van der Waals surface area contributed by atoms with Crippen LogP contribution in [-0.2, 0) is 4.74 Å². The number of nitrogen functional groups attached to an aromatic ring is 1. The van der Waals surface area contributed by atoms with E-state index >= 15 is 0 Å². The van der Waals surface area contributed by atoms with Gasteiger partial charge in [0.1, 0.15) is 5.82 Å². The van der Waals surface area contributed by atoms with Crippen molar-refractivity contribution in [3.63, 3.8) is 0 Å². The standard InChI is InChI=1S/C10H14Cl2N4O/c11-7-3-8(12)10(16-13)15-9(7)14-4-6-1-2-17-5-6/h3,6H,1-2,4-5,13H2,(H2,14,15,16). The van der Waals surface area contributed by atoms with E-state index in [-0.39, 0.29) is 0 Å². The van der Waals surface area contributed by atoms with Gasteiger partial charge in [0.25, 0.3) is 0 Å². The zero-order valence-corrected chi connectivity index (χ0v) is 10.7. The molecule has 17 heavy (non-hydrogen) atoms. The molecular weight excluding hydrogens is 263 g/mol. The first-order valence-electron chi connectivity index (χ1n) is 5.35. The molecule has 2 heterocycles. The maximum absolute atomic E-state index is 6.03. The van der Waals surface area contributed by atoms with Gasteiger partial charge in [-0.3, -0.25) is 0 Å². The van der Waals surface area contributed by atoms with Crippen molar-refractivity contribution in [1.82, 2.24) is 4.98 Å². The second-order valence-electron chi connectivity index (χ2n) is 3.90. The molecule has 1 aromatic rings. The lowest BCUT2D eigenvalue weighted by molar-refractivity contribution is 0.187. The van der Waals surface area contributed by atoms with Gasteiger partial charge in [0.2, 0.25) is 0 Å². The summed E-state index contributed by atoms with van der Waals surface area (Å²) in [5.41, 5.74) is 2.42. The number of halogens is 2. The maximum atomic E-state index is 6.03. The van der Waals surface area contributed by atoms with Crippen LogP contribution in [0.15, 0.2) is 6.07 Å². The Morgan fingerprint density at radius 1 is 1.41 bits per heavy atom. The predicted molar refractivity (Wildman–Crippen MR) is 69.5 cm³/mol. The summed E-state index contributed by atoms with van der Waals surface area (Å²) in [6.45, 7) is 2.38. The van der Waals surface area contributed by atoms with Crippen LogP contribution in [0.3, 0.4) is 0 Å². The molecule has 2 rings (SSSR count). The molecule has 1 aliphatic rings. The summed E-state index contributed by atoms with van der Waals surface area (Å²) in [5.74, 6) is 6.78. The molecule has 5 nitrogen and oxygen atoms in total. The summed E-state index contributed by atoms with van der Waals surface area (Å²) < 4.78 is 5.29. The number of nitrogens with one attached hydrogen (secondary N) is 2. The molecule has 0 bridgehead atoms. The number of nitrogens with zero attached hydrogens (tertiary/aromatic N) is 1. The van der Waals surface area contributed by atoms with E-state index in [1.54, 1.807) is 6.07 Å². The monoisotopic (exact) mass is 276 g/mol. The van der Waals surface area contributed by atoms with Gasteiger partial charge in [0.05, 0.1) is 16.7 Å². The Labute approximate surface area is 110 Å². The van der Waals surface area contributed by atoms with E-state index in [1.807, 2.05) is 0 Å². The molecule has 94 valence electrons. The molecule has 0 radical (unpaired) electrons. The normalized spacial score (nSPS) is 19.4. The molecule has 0 saturated carbocycles. The molecule has 1 saturated heterocycles. The summed E-state index contributed by atoms with van der Waals surface area (Å²) in [6, 6.07) is 1.61. The Morgan fingerprint density at radius 2 is 2.18 bits per heavy atom. The van der Waals surface area contributed by atoms with Crippen LogP contribution < -0.4 is 16.6 Å². The van der Waals surface area contributed by atoms with Crippen molar-refractivity contribution in [2.45, 2.75) is 6.42 Å². The average Bonchev–Trinajstić information content (AvgIpc) is 2.81. The number of hydrogen-bond donors (Lipinski definition) is 3. The van der Waals surface area contributed by atoms with E-state index in [2.05, 4.69) is 15.7 Å². The van der Waals surface area contributed by atoms with Crippen LogP contribution in [0.25, 0.3) is 0 Å². The fourth-order valence-corrected chi connectivity index (χ4v) is 2.16. The fraction of sp³-hybridized carbons (Fsp3) is 0.500. The van der Waals surface area contributed by atoms with Crippen molar-refractivity contribution in [2.75, 3.05) is 30.5 Å². The quantitative estimate of drug-likeness (QED) is 0.581. The zero-order chi connectivity index (χ0) is 12.3. The predicted octanol–water partition coefficient (Wildman–Crippen LogP) is 2.12. The van der Waals surface area contributed by atoms with Gasteiger partial charge >= 0.3 is 0 Å². The summed E-state index contributed by atoms with van der Waals surface area (Å²) >= 11 is 11.9. The molecule has 4 N–H and O–H groups in total. The Morgan fingerprint density at radius 3 is 2.82 bits per heavy atom. The van der Waals surface area contributed by atoms with Crippen LogP contribution in [0.5, 0.6) is 0 Å². The van der Waals surface area contributed by atoms with Gasteiger partial charge in [-0.2, -0.15) is 0 Å². The Kier molecular flexibility index (Phi) is 4.28. The first kappa shape index (κ1) is 12.7. The van der Waals surface area contributed by atoms with Crippen molar-refractivity contribution >= 4 is 34.8 Å². The van der Waals surface area contributed by atoms with E-state index in [1.165, 1.54) is 0 Å². The number of rotatable bonds is 4. The fourth-order valence-electron chi connectivity index (χ4n) is 1.68. The number of ether oxygens (including phenoxy) is 1. The minimum atomic E-state index is 0.396. The molecule has 0 aliphatic carbocycles. The Bertz CT molecular complexity index is 396. The third kappa shape index (κ3) is 3.13. The lowest BCUT2D eigenvalue weighted by Gasteiger charge is -2.13. The summed E-state index contributed by atoms with van der Waals surface area (Å²) in [5, 5.41) is 4.05. The topological polar surface area (TPSA) is 72.2 Å². The number of aromatic nitrogens is 1. The van der Waals surface area contributed by atoms with Crippen molar-refractivity contribution in [3.8, 4) is 0 Å². The van der Waals surface area contributed by atoms with E-state index in [4.69, 9.17) is 33.8 Å². The first-order chi connectivity index (χ1) is 8.20. The van der Waals surface area contributed by atoms with Gasteiger partial charge in [0, 0.05) is 19.1 Å². The molecule has 0 amide bonds. The third-order valence-electron chi connectivity index (χ3n) is 2.65. The second kappa shape index (κ2) is 5.73. The molecule has 1 aliphatic heterocycles. The van der Waals surface area contributed by atoms with E-state index in [0.717, 1.165) is 26.2 Å². The molecule has 1 aromatic heterocycles. The largest absolute Gasteiger partial charge is 0.381 e. The highest BCUT2D eigenvalue weighted by Crippen LogP contribution is 2.29. The van der Waals surface area contributed by atoms with Gasteiger partial charge in [-0.15, -0.1) is 0 Å². The highest BCUT2D eigenvalue weighted by molar-refractivity contribution is 6.37. The number of pyridine rings is 1. The lowest BCUT2D eigenvalue weighted by atomic mass is 10.1. The van der Waals surface area contributed by atoms with Crippen LogP contribution in [-0.4, -0.2) is 24.7 Å². The maximum Gasteiger partial charge on any atom is 0.161 e. The van der Waals surface area contributed by atoms with E-state index in [0.29, 0.717) is 27.6 Å². The molecular formula is C10H14Cl2N4O. The first-order valence-corrected chi connectivity index (χ1v) is 6.10. The SMILES string of the molecule is NNc1nc(NCC2CCOC2)c(Cl)cc1Cl. The van der Waals surface area contributed by atoms with Crippen molar-refractivity contribution < 1.29 is 4.74 Å². The molecule has 1 atom stereocenters. The van der Waals surface area contributed by atoms with Crippen molar-refractivity contribution in [1.29, 1.82) is 0 Å². The molecule has 0 spiro atoms. The molecule has 7 heteroatoms. The van der Waals surface area contributed by atoms with Gasteiger partial charge in [-0.25, -0.2) is 10.8 Å². The summed E-state index contributed by atoms with van der Waals surface area (Å²) in [4.78, 5) is 4.20. The highest BCUT2D eigenvalue weighted by atomic mass is 35.5. The van der Waals surface area contributed by atoms with Crippen molar-refractivity contribution in [2.24, 2.45) is 11.8 Å². The van der Waals surface area contributed by atoms with Crippen LogP contribution in [0.4, 0.5) is 11.6 Å². The van der Waals surface area contributed by atoms with Crippen LogP contribution >= 0.6 is 23.2 Å². The van der Waals surface area contributed by atoms with Gasteiger partial charge < -0.3 is 15.5 Å². The van der Waals surface area contributed by atoms with Crippen LogP contribution in [0.2, 0.25) is 10.0 Å². The second-order valence-corrected chi connectivity index (χ2v) is 4.72. The summed E-state index contributed by atoms with van der Waals surface area (Å²) in [7, 11) is 0. The van der Waals surface area contributed by atoms with Gasteiger partial charge in [0.15, 0.2) is 5.82 Å². The summed E-state index contributed by atoms with van der Waals surface area (Å²) in [6.07, 6.45) is 1.06. The van der Waals surface area contributed by atoms with Crippen LogP contribution in [0, 0.1) is 5.92 Å². The van der Waals surface area contributed by atoms with Crippen LogP contribution in [0.1, 0.15) is 6.42 Å². The third-order valence-corrected chi connectivity index (χ3v) is 3.22. The Hall–Kier alpha value is -0.750. The van der Waals surface area contributed by atoms with Gasteiger partial charge in [-0.1, -0.05) is 23.2 Å². The molecule has 0 aromatic carbocycles. The lowest BCUT2D eigenvalue weighted by Crippen LogP contribution is -2.16. The van der Waals surface area contributed by atoms with E-state index in [9.17, 15) is 0 Å². The number of anilines is 2. The highest BCUT2D eigenvalue weighted by Gasteiger charge is 2.16. The molecule has 1 unspecified atom stereocenters. The molecule has 1 fully saturated rings. The number of hydrogen-bond acceptors (Lipinski definition) is 5. The number of nitrogens with two attached hydrogens (primary N) is 1. The van der Waals surface area contributed by atoms with Gasteiger partial charge in [-0.05, 0) is 12.5 Å². The smallest absolute Gasteiger partial charge is 0.161 e.